The first-order chi connectivity index (χ1) is 12.0. The smallest absolute Gasteiger partial charge is 0.373 e. The normalized spacial score (nSPS) is 10.7. The lowest BCUT2D eigenvalue weighted by atomic mass is 10.1. The van der Waals surface area contributed by atoms with Crippen molar-refractivity contribution in [3.63, 3.8) is 0 Å². The summed E-state index contributed by atoms with van der Waals surface area (Å²) in [4.78, 5) is 11.4. The summed E-state index contributed by atoms with van der Waals surface area (Å²) in [6.07, 6.45) is 0. The van der Waals surface area contributed by atoms with Gasteiger partial charge in [0.1, 0.15) is 5.76 Å². The fourth-order valence-electron chi connectivity index (χ4n) is 2.06. The molecule has 0 saturated carbocycles. The van der Waals surface area contributed by atoms with Crippen molar-refractivity contribution in [3.05, 3.63) is 53.0 Å². The molecule has 2 heterocycles. The first-order valence-electron chi connectivity index (χ1n) is 7.53. The van der Waals surface area contributed by atoms with Crippen molar-refractivity contribution in [1.82, 2.24) is 10.2 Å². The third-order valence-electron chi connectivity index (χ3n) is 3.55. The van der Waals surface area contributed by atoms with Crippen LogP contribution in [0.25, 0.3) is 0 Å². The Labute approximate surface area is 153 Å². The van der Waals surface area contributed by atoms with Crippen LogP contribution in [-0.4, -0.2) is 23.3 Å². The summed E-state index contributed by atoms with van der Waals surface area (Å²) < 4.78 is 10.9. The van der Waals surface area contributed by atoms with Gasteiger partial charge in [-0.3, -0.25) is 0 Å². The Morgan fingerprint density at radius 2 is 2.08 bits per heavy atom. The Morgan fingerprint density at radius 1 is 1.24 bits per heavy atom. The summed E-state index contributed by atoms with van der Waals surface area (Å²) in [7, 11) is 1.32. The molecule has 0 aliphatic rings. The molecule has 1 aromatic carbocycles. The van der Waals surface area contributed by atoms with Gasteiger partial charge in [-0.25, -0.2) is 4.79 Å². The number of carbonyl (C=O) groups is 1. The van der Waals surface area contributed by atoms with Crippen LogP contribution < -0.4 is 5.32 Å². The number of nitrogens with one attached hydrogen (secondary N) is 1. The number of rotatable bonds is 6. The summed E-state index contributed by atoms with van der Waals surface area (Å²) in [6.45, 7) is 4.16. The SMILES string of the molecule is COC(=O)c1ccc(CSc2nnc(Nc3ccc(C)c(C)c3)s2)o1. The Bertz CT molecular complexity index is 889. The Kier molecular flexibility index (Phi) is 5.40. The minimum Gasteiger partial charge on any atom is -0.463 e. The molecule has 0 fully saturated rings. The van der Waals surface area contributed by atoms with Gasteiger partial charge in [-0.2, -0.15) is 0 Å². The molecule has 8 heteroatoms. The predicted octanol–water partition coefficient (Wildman–Crippen LogP) is 4.57. The molecule has 0 amide bonds. The average molecular weight is 375 g/mol. The van der Waals surface area contributed by atoms with E-state index in [0.29, 0.717) is 11.5 Å². The number of ether oxygens (including phenoxy) is 1. The maximum atomic E-state index is 11.4. The van der Waals surface area contributed by atoms with Gasteiger partial charge in [-0.1, -0.05) is 29.2 Å². The predicted molar refractivity (Wildman–Crippen MR) is 98.7 cm³/mol. The highest BCUT2D eigenvalue weighted by atomic mass is 32.2. The Balaban J connectivity index is 1.59. The van der Waals surface area contributed by atoms with Crippen molar-refractivity contribution >= 4 is 39.9 Å². The second-order valence-electron chi connectivity index (χ2n) is 5.34. The quantitative estimate of drug-likeness (QED) is 0.499. The van der Waals surface area contributed by atoms with E-state index in [1.807, 2.05) is 6.07 Å². The lowest BCUT2D eigenvalue weighted by Gasteiger charge is -2.05. The van der Waals surface area contributed by atoms with Crippen LogP contribution in [-0.2, 0) is 10.5 Å². The number of esters is 1. The minimum atomic E-state index is -0.480. The van der Waals surface area contributed by atoms with Gasteiger partial charge in [-0.05, 0) is 49.2 Å². The summed E-state index contributed by atoms with van der Waals surface area (Å²) in [5.74, 6) is 0.971. The molecule has 2 aromatic heterocycles. The van der Waals surface area contributed by atoms with Gasteiger partial charge < -0.3 is 14.5 Å². The maximum Gasteiger partial charge on any atom is 0.373 e. The molecule has 0 aliphatic heterocycles. The topological polar surface area (TPSA) is 77.2 Å². The molecule has 3 rings (SSSR count). The molecule has 0 bridgehead atoms. The molecule has 0 spiro atoms. The van der Waals surface area contributed by atoms with Gasteiger partial charge in [0, 0.05) is 5.69 Å². The Morgan fingerprint density at radius 3 is 2.84 bits per heavy atom. The van der Waals surface area contributed by atoms with Crippen molar-refractivity contribution < 1.29 is 13.9 Å². The highest BCUT2D eigenvalue weighted by Gasteiger charge is 2.12. The fourth-order valence-corrected chi connectivity index (χ4v) is 3.73. The number of aryl methyl sites for hydroxylation is 2. The number of methoxy groups -OCH3 is 1. The zero-order chi connectivity index (χ0) is 17.8. The molecule has 130 valence electrons. The number of hydrogen-bond donors (Lipinski definition) is 1. The van der Waals surface area contributed by atoms with Gasteiger partial charge in [0.15, 0.2) is 4.34 Å². The molecule has 3 aromatic rings. The van der Waals surface area contributed by atoms with Crippen LogP contribution in [0.1, 0.15) is 27.4 Å². The molecule has 0 aliphatic carbocycles. The van der Waals surface area contributed by atoms with Gasteiger partial charge in [-0.15, -0.1) is 10.2 Å². The first-order valence-corrected chi connectivity index (χ1v) is 9.33. The standard InChI is InChI=1S/C17H17N3O3S2/c1-10-4-5-12(8-11(10)2)18-16-19-20-17(25-16)24-9-13-6-7-14(23-13)15(21)22-3/h4-8H,9H2,1-3H3,(H,18,19). The molecule has 6 nitrogen and oxygen atoms in total. The molecular formula is C17H17N3O3S2. The second-order valence-corrected chi connectivity index (χ2v) is 7.54. The summed E-state index contributed by atoms with van der Waals surface area (Å²) in [6, 6.07) is 9.54. The zero-order valence-corrected chi connectivity index (χ0v) is 15.7. The van der Waals surface area contributed by atoms with Gasteiger partial charge in [0.25, 0.3) is 0 Å². The van der Waals surface area contributed by atoms with Gasteiger partial charge in [0.05, 0.1) is 12.9 Å². The summed E-state index contributed by atoms with van der Waals surface area (Å²) >= 11 is 2.97. The minimum absolute atomic E-state index is 0.201. The van der Waals surface area contributed by atoms with Crippen LogP contribution in [0, 0.1) is 13.8 Å². The summed E-state index contributed by atoms with van der Waals surface area (Å²) in [5, 5.41) is 12.3. The Hall–Kier alpha value is -2.32. The van der Waals surface area contributed by atoms with Crippen molar-refractivity contribution in [3.8, 4) is 0 Å². The van der Waals surface area contributed by atoms with E-state index in [9.17, 15) is 4.79 Å². The number of anilines is 2. The molecule has 1 N–H and O–H groups in total. The van der Waals surface area contributed by atoms with E-state index >= 15 is 0 Å². The molecule has 25 heavy (non-hydrogen) atoms. The number of aromatic nitrogens is 2. The van der Waals surface area contributed by atoms with Gasteiger partial charge >= 0.3 is 5.97 Å². The monoisotopic (exact) mass is 375 g/mol. The lowest BCUT2D eigenvalue weighted by molar-refractivity contribution is 0.0563. The molecule has 0 atom stereocenters. The molecule has 0 radical (unpaired) electrons. The molecule has 0 saturated heterocycles. The third kappa shape index (κ3) is 4.40. The van der Waals surface area contributed by atoms with E-state index in [1.54, 1.807) is 12.1 Å². The number of nitrogens with zero attached hydrogens (tertiary/aromatic N) is 2. The van der Waals surface area contributed by atoms with E-state index in [1.165, 1.54) is 41.3 Å². The number of benzene rings is 1. The van der Waals surface area contributed by atoms with E-state index in [0.717, 1.165) is 15.2 Å². The van der Waals surface area contributed by atoms with Crippen molar-refractivity contribution in [2.45, 2.75) is 23.9 Å². The maximum absolute atomic E-state index is 11.4. The van der Waals surface area contributed by atoms with E-state index in [2.05, 4.69) is 46.2 Å². The van der Waals surface area contributed by atoms with Gasteiger partial charge in [0.2, 0.25) is 10.9 Å². The second kappa shape index (κ2) is 7.71. The van der Waals surface area contributed by atoms with Crippen LogP contribution in [0.5, 0.6) is 0 Å². The van der Waals surface area contributed by atoms with Crippen molar-refractivity contribution in [2.24, 2.45) is 0 Å². The lowest BCUT2D eigenvalue weighted by Crippen LogP contribution is -1.98. The van der Waals surface area contributed by atoms with Crippen LogP contribution in [0.4, 0.5) is 10.8 Å². The van der Waals surface area contributed by atoms with E-state index < -0.39 is 5.97 Å². The average Bonchev–Trinajstić information content (AvgIpc) is 3.25. The van der Waals surface area contributed by atoms with Crippen LogP contribution >= 0.6 is 23.1 Å². The number of thioether (sulfide) groups is 1. The molecular weight excluding hydrogens is 358 g/mol. The first kappa shape index (κ1) is 17.5. The fraction of sp³-hybridized carbons (Fsp3) is 0.235. The highest BCUT2D eigenvalue weighted by molar-refractivity contribution is 8.00. The van der Waals surface area contributed by atoms with Crippen molar-refractivity contribution in [1.29, 1.82) is 0 Å². The summed E-state index contributed by atoms with van der Waals surface area (Å²) in [5.41, 5.74) is 3.47. The highest BCUT2D eigenvalue weighted by Crippen LogP contribution is 2.30. The van der Waals surface area contributed by atoms with Crippen LogP contribution in [0.15, 0.2) is 39.1 Å². The largest absolute Gasteiger partial charge is 0.463 e. The van der Waals surface area contributed by atoms with E-state index in [4.69, 9.17) is 4.42 Å². The third-order valence-corrected chi connectivity index (χ3v) is 5.55. The van der Waals surface area contributed by atoms with Crippen LogP contribution in [0.3, 0.4) is 0 Å². The number of hydrogen-bond acceptors (Lipinski definition) is 8. The van der Waals surface area contributed by atoms with E-state index in [-0.39, 0.29) is 5.76 Å². The zero-order valence-electron chi connectivity index (χ0n) is 14.0. The van der Waals surface area contributed by atoms with Crippen LogP contribution in [0.2, 0.25) is 0 Å². The number of furan rings is 1. The number of carbonyl (C=O) groups excluding carboxylic acids is 1. The molecule has 0 unspecified atom stereocenters. The van der Waals surface area contributed by atoms with Crippen molar-refractivity contribution in [2.75, 3.05) is 12.4 Å².